The van der Waals surface area contributed by atoms with Crippen LogP contribution in [0.5, 0.6) is 11.5 Å². The maximum absolute atomic E-state index is 12.7. The molecule has 9 nitrogen and oxygen atoms in total. The quantitative estimate of drug-likeness (QED) is 0.345. The second-order valence-corrected chi connectivity index (χ2v) is 8.45. The number of nitrogens with one attached hydrogen (secondary N) is 1. The Labute approximate surface area is 213 Å². The number of nitrogens with two attached hydrogens (primary N) is 1. The molecule has 0 radical (unpaired) electrons. The fraction of sp³-hybridized carbons (Fsp3) is 0.214. The minimum atomic E-state index is -0.353. The van der Waals surface area contributed by atoms with Gasteiger partial charge >= 0.3 is 0 Å². The van der Waals surface area contributed by atoms with Gasteiger partial charge in [-0.2, -0.15) is 15.5 Å². The first-order valence-electron chi connectivity index (χ1n) is 12.0. The second-order valence-electron chi connectivity index (χ2n) is 8.45. The van der Waals surface area contributed by atoms with Crippen LogP contribution in [-0.2, 0) is 13.6 Å². The molecule has 186 valence electrons. The molecule has 0 unspecified atom stereocenters. The number of aromatic amines is 1. The number of hydrogen-bond donors (Lipinski definition) is 2. The molecule has 3 N–H and O–H groups in total. The van der Waals surface area contributed by atoms with E-state index in [1.165, 1.54) is 0 Å². The highest BCUT2D eigenvalue weighted by Crippen LogP contribution is 2.44. The topological polar surface area (TPSA) is 132 Å². The first-order valence-corrected chi connectivity index (χ1v) is 12.0. The Morgan fingerprint density at radius 2 is 1.84 bits per heavy atom. The summed E-state index contributed by atoms with van der Waals surface area (Å²) in [5.74, 6) is 1.02. The van der Waals surface area contributed by atoms with Crippen molar-refractivity contribution in [2.75, 3.05) is 13.2 Å². The lowest BCUT2D eigenvalue weighted by Gasteiger charge is -2.17. The fourth-order valence-electron chi connectivity index (χ4n) is 4.78. The van der Waals surface area contributed by atoms with E-state index in [9.17, 15) is 10.1 Å². The van der Waals surface area contributed by atoms with E-state index in [-0.39, 0.29) is 12.1 Å². The van der Waals surface area contributed by atoms with E-state index in [0.29, 0.717) is 58.0 Å². The molecule has 0 aliphatic carbocycles. The number of hydrogen-bond acceptors (Lipinski definition) is 7. The summed E-state index contributed by atoms with van der Waals surface area (Å²) in [7, 11) is 1.83. The maximum Gasteiger partial charge on any atom is 0.275 e. The van der Waals surface area contributed by atoms with Gasteiger partial charge in [-0.25, -0.2) is 5.10 Å². The predicted molar refractivity (Wildman–Crippen MR) is 142 cm³/mol. The van der Waals surface area contributed by atoms with Crippen molar-refractivity contribution in [2.24, 2.45) is 12.8 Å². The molecule has 0 spiro atoms. The maximum atomic E-state index is 12.7. The van der Waals surface area contributed by atoms with Crippen molar-refractivity contribution in [3.05, 3.63) is 70.3 Å². The SMILES string of the molecule is CCOc1cc2ccccc2c(C#N)c1-c1c(-c2cc(OCC)c3c(=O)[nH]nc(CN)c3c2)cnn1C. The number of aryl methyl sites for hydroxylation is 1. The van der Waals surface area contributed by atoms with Crippen LogP contribution in [0.2, 0.25) is 0 Å². The number of ether oxygens (including phenoxy) is 2. The van der Waals surface area contributed by atoms with Gasteiger partial charge in [-0.05, 0) is 43.0 Å². The zero-order valence-electron chi connectivity index (χ0n) is 20.8. The first-order chi connectivity index (χ1) is 18.0. The van der Waals surface area contributed by atoms with Crippen LogP contribution in [0.4, 0.5) is 0 Å². The summed E-state index contributed by atoms with van der Waals surface area (Å²) in [6.45, 7) is 4.71. The van der Waals surface area contributed by atoms with Crippen molar-refractivity contribution in [3.8, 4) is 40.0 Å². The Bertz CT molecular complexity index is 1750. The predicted octanol–water partition coefficient (Wildman–Crippen LogP) is 4.27. The number of nitriles is 1. The van der Waals surface area contributed by atoms with Gasteiger partial charge in [0.05, 0.1) is 47.3 Å². The van der Waals surface area contributed by atoms with Gasteiger partial charge in [0, 0.05) is 29.9 Å². The van der Waals surface area contributed by atoms with Gasteiger partial charge in [0.1, 0.15) is 17.6 Å². The lowest BCUT2D eigenvalue weighted by atomic mass is 9.92. The molecule has 0 saturated carbocycles. The van der Waals surface area contributed by atoms with E-state index in [2.05, 4.69) is 21.4 Å². The van der Waals surface area contributed by atoms with Gasteiger partial charge in [0.2, 0.25) is 0 Å². The number of rotatable bonds is 7. The lowest BCUT2D eigenvalue weighted by molar-refractivity contribution is 0.342. The van der Waals surface area contributed by atoms with E-state index in [1.54, 1.807) is 10.9 Å². The van der Waals surface area contributed by atoms with Crippen molar-refractivity contribution < 1.29 is 9.47 Å². The van der Waals surface area contributed by atoms with Crippen LogP contribution < -0.4 is 20.8 Å². The normalized spacial score (nSPS) is 11.1. The minimum absolute atomic E-state index is 0.139. The average molecular weight is 495 g/mol. The molecule has 0 saturated heterocycles. The summed E-state index contributed by atoms with van der Waals surface area (Å²) in [4.78, 5) is 12.7. The summed E-state index contributed by atoms with van der Waals surface area (Å²) >= 11 is 0. The van der Waals surface area contributed by atoms with Crippen LogP contribution >= 0.6 is 0 Å². The number of benzene rings is 3. The van der Waals surface area contributed by atoms with Crippen LogP contribution in [-0.4, -0.2) is 33.2 Å². The Balaban J connectivity index is 1.87. The zero-order chi connectivity index (χ0) is 26.1. The molecule has 3 aromatic carbocycles. The molecule has 0 fully saturated rings. The molecule has 2 heterocycles. The Morgan fingerprint density at radius 1 is 1.08 bits per heavy atom. The Morgan fingerprint density at radius 3 is 2.57 bits per heavy atom. The lowest BCUT2D eigenvalue weighted by Crippen LogP contribution is -2.14. The van der Waals surface area contributed by atoms with Crippen molar-refractivity contribution in [2.45, 2.75) is 20.4 Å². The van der Waals surface area contributed by atoms with Gasteiger partial charge in [0.25, 0.3) is 5.56 Å². The molecule has 0 atom stereocenters. The third-order valence-corrected chi connectivity index (χ3v) is 6.34. The average Bonchev–Trinajstić information content (AvgIpc) is 3.29. The van der Waals surface area contributed by atoms with Crippen molar-refractivity contribution in [1.82, 2.24) is 20.0 Å². The fourth-order valence-corrected chi connectivity index (χ4v) is 4.78. The molecule has 5 rings (SSSR count). The van der Waals surface area contributed by atoms with Gasteiger partial charge in [0.15, 0.2) is 0 Å². The highest BCUT2D eigenvalue weighted by atomic mass is 16.5. The summed E-state index contributed by atoms with van der Waals surface area (Å²) in [6, 6.07) is 15.8. The summed E-state index contributed by atoms with van der Waals surface area (Å²) < 4.78 is 13.7. The van der Waals surface area contributed by atoms with Crippen LogP contribution in [0, 0.1) is 11.3 Å². The van der Waals surface area contributed by atoms with Gasteiger partial charge < -0.3 is 15.2 Å². The molecular weight excluding hydrogens is 468 g/mol. The van der Waals surface area contributed by atoms with E-state index in [4.69, 9.17) is 15.2 Å². The van der Waals surface area contributed by atoms with Gasteiger partial charge in [-0.15, -0.1) is 0 Å². The Kier molecular flexibility index (Phi) is 6.34. The Hall–Kier alpha value is -4.68. The largest absolute Gasteiger partial charge is 0.493 e. The number of fused-ring (bicyclic) bond motifs is 2. The van der Waals surface area contributed by atoms with Crippen molar-refractivity contribution in [3.63, 3.8) is 0 Å². The molecule has 37 heavy (non-hydrogen) atoms. The molecule has 5 aromatic rings. The van der Waals surface area contributed by atoms with Crippen molar-refractivity contribution in [1.29, 1.82) is 5.26 Å². The van der Waals surface area contributed by atoms with Crippen LogP contribution in [0.3, 0.4) is 0 Å². The van der Waals surface area contributed by atoms with E-state index >= 15 is 0 Å². The zero-order valence-corrected chi connectivity index (χ0v) is 20.8. The first kappa shape index (κ1) is 24.0. The third-order valence-electron chi connectivity index (χ3n) is 6.34. The number of H-pyrrole nitrogens is 1. The van der Waals surface area contributed by atoms with Gasteiger partial charge in [-0.1, -0.05) is 24.3 Å². The second kappa shape index (κ2) is 9.76. The summed E-state index contributed by atoms with van der Waals surface area (Å²) in [5, 5.41) is 24.2. The van der Waals surface area contributed by atoms with Crippen LogP contribution in [0.1, 0.15) is 25.1 Å². The molecule has 2 aromatic heterocycles. The number of nitrogens with zero attached hydrogens (tertiary/aromatic N) is 4. The molecule has 0 aliphatic rings. The van der Waals surface area contributed by atoms with Crippen molar-refractivity contribution >= 4 is 21.5 Å². The third kappa shape index (κ3) is 3.97. The van der Waals surface area contributed by atoms with E-state index in [1.807, 2.05) is 63.4 Å². The number of aromatic nitrogens is 4. The summed E-state index contributed by atoms with van der Waals surface area (Å²) in [5.41, 5.74) is 9.50. The monoisotopic (exact) mass is 494 g/mol. The molecule has 0 aliphatic heterocycles. The highest BCUT2D eigenvalue weighted by molar-refractivity contribution is 6.01. The van der Waals surface area contributed by atoms with Crippen LogP contribution in [0.25, 0.3) is 43.9 Å². The smallest absolute Gasteiger partial charge is 0.275 e. The molecule has 0 bridgehead atoms. The standard InChI is InChI=1S/C28H26N6O3/c1-4-36-23-11-16-8-6-7-9-18(16)20(13-29)25(23)27-21(15-31-34(27)3)17-10-19-22(14-30)32-33-28(35)26(19)24(12-17)37-5-2/h6-12,15H,4-5,14,30H2,1-3H3,(H,33,35). The van der Waals surface area contributed by atoms with E-state index in [0.717, 1.165) is 21.9 Å². The molecular formula is C28H26N6O3. The van der Waals surface area contributed by atoms with Crippen LogP contribution in [0.15, 0.2) is 53.5 Å². The minimum Gasteiger partial charge on any atom is -0.493 e. The molecule has 0 amide bonds. The summed E-state index contributed by atoms with van der Waals surface area (Å²) in [6.07, 6.45) is 1.74. The molecule has 9 heteroatoms. The van der Waals surface area contributed by atoms with E-state index < -0.39 is 0 Å². The highest BCUT2D eigenvalue weighted by Gasteiger charge is 2.24. The van der Waals surface area contributed by atoms with Gasteiger partial charge in [-0.3, -0.25) is 9.48 Å².